The van der Waals surface area contributed by atoms with Gasteiger partial charge in [-0.05, 0) is 32.6 Å². The van der Waals surface area contributed by atoms with Gasteiger partial charge >= 0.3 is 11.4 Å². The Balaban J connectivity index is 1.34. The first-order valence-corrected chi connectivity index (χ1v) is 11.6. The fourth-order valence-electron chi connectivity index (χ4n) is 4.60. The Bertz CT molecular complexity index is 1360. The molecule has 14 nitrogen and oxygen atoms in total. The van der Waals surface area contributed by atoms with Gasteiger partial charge in [-0.3, -0.25) is 33.5 Å². The number of ether oxygens (including phenoxy) is 2. The topological polar surface area (TPSA) is 198 Å². The van der Waals surface area contributed by atoms with Crippen molar-refractivity contribution in [3.8, 4) is 0 Å². The number of nitrogens with zero attached hydrogens (tertiary/aromatic N) is 2. The van der Waals surface area contributed by atoms with E-state index in [1.807, 2.05) is 0 Å². The molecule has 2 fully saturated rings. The first-order chi connectivity index (χ1) is 17.1. The number of H-pyrrole nitrogens is 2. The van der Waals surface area contributed by atoms with E-state index < -0.39 is 59.2 Å². The summed E-state index contributed by atoms with van der Waals surface area (Å²) in [6.07, 6.45) is -1.02. The molecule has 0 unspecified atom stereocenters. The molecule has 0 bridgehead atoms. The largest absolute Gasteiger partial charge is 0.394 e. The van der Waals surface area contributed by atoms with Crippen LogP contribution in [0, 0.1) is 19.8 Å². The second-order valence-corrected chi connectivity index (χ2v) is 9.16. The molecule has 5 N–H and O–H groups in total. The lowest BCUT2D eigenvalue weighted by Gasteiger charge is -2.18. The van der Waals surface area contributed by atoms with Crippen molar-refractivity contribution in [2.24, 2.45) is 5.92 Å². The Labute approximate surface area is 203 Å². The lowest BCUT2D eigenvalue weighted by molar-refractivity contribution is -0.137. The first kappa shape index (κ1) is 25.8. The summed E-state index contributed by atoms with van der Waals surface area (Å²) < 4.78 is 13.8. The molecule has 4 rings (SSSR count). The van der Waals surface area contributed by atoms with Crippen molar-refractivity contribution in [1.82, 2.24) is 24.4 Å². The van der Waals surface area contributed by atoms with Crippen molar-refractivity contribution in [1.29, 1.82) is 0 Å². The third kappa shape index (κ3) is 5.11. The molecule has 1 amide bonds. The quantitative estimate of drug-likeness (QED) is 0.275. The molecule has 6 atom stereocenters. The van der Waals surface area contributed by atoms with E-state index in [9.17, 15) is 34.2 Å². The Kier molecular flexibility index (Phi) is 7.40. The predicted molar refractivity (Wildman–Crippen MR) is 123 cm³/mol. The number of rotatable bonds is 7. The fraction of sp³-hybridized carbons (Fsp3) is 0.591. The number of aromatic amines is 2. The van der Waals surface area contributed by atoms with Gasteiger partial charge in [0.2, 0.25) is 0 Å². The van der Waals surface area contributed by atoms with E-state index >= 15 is 0 Å². The van der Waals surface area contributed by atoms with Crippen LogP contribution < -0.4 is 27.8 Å². The summed E-state index contributed by atoms with van der Waals surface area (Å²) in [4.78, 5) is 64.5. The number of carbonyl (C=O) groups is 1. The second-order valence-electron chi connectivity index (χ2n) is 9.16. The minimum Gasteiger partial charge on any atom is -0.394 e. The molecule has 2 aromatic heterocycles. The van der Waals surface area contributed by atoms with Crippen molar-refractivity contribution in [3.05, 3.63) is 65.2 Å². The molecule has 36 heavy (non-hydrogen) atoms. The average Bonchev–Trinajstić information content (AvgIpc) is 3.41. The van der Waals surface area contributed by atoms with Crippen LogP contribution in [0.5, 0.6) is 0 Å². The monoisotopic (exact) mass is 507 g/mol. The van der Waals surface area contributed by atoms with Gasteiger partial charge in [0.15, 0.2) is 6.10 Å². The van der Waals surface area contributed by atoms with Gasteiger partial charge in [-0.15, -0.1) is 0 Å². The molecule has 0 radical (unpaired) electrons. The van der Waals surface area contributed by atoms with Gasteiger partial charge in [-0.1, -0.05) is 0 Å². The molecule has 2 aromatic rings. The Hall–Kier alpha value is -3.33. The van der Waals surface area contributed by atoms with Gasteiger partial charge in [0.1, 0.15) is 12.5 Å². The van der Waals surface area contributed by atoms with Gasteiger partial charge in [-0.25, -0.2) is 9.59 Å². The zero-order valence-corrected chi connectivity index (χ0v) is 19.8. The molecule has 0 spiro atoms. The molecule has 0 aliphatic carbocycles. The standard InChI is InChI=1S/C22H29N5O9/c1-10-7-26(21(33)24-18(10)30)15-5-12(14(9-28)35-15)3-4-23-20(32)17-13(29)6-16(36-17)27-8-11(2)19(31)25-22(27)34/h7-8,12-17,28-29H,3-6,9H2,1-2H3,(H,23,32)(H,24,30,33)(H,25,31,34)/t12-,13-,14+,15+,16+,17-/m0/s1. The van der Waals surface area contributed by atoms with E-state index in [1.165, 1.54) is 23.9 Å². The highest BCUT2D eigenvalue weighted by molar-refractivity contribution is 5.81. The van der Waals surface area contributed by atoms with Crippen LogP contribution in [0.3, 0.4) is 0 Å². The van der Waals surface area contributed by atoms with Gasteiger partial charge in [0, 0.05) is 36.5 Å². The number of aliphatic hydroxyl groups excluding tert-OH is 2. The van der Waals surface area contributed by atoms with Crippen LogP contribution in [0.15, 0.2) is 31.6 Å². The van der Waals surface area contributed by atoms with Crippen molar-refractivity contribution < 1.29 is 24.5 Å². The van der Waals surface area contributed by atoms with Crippen molar-refractivity contribution >= 4 is 5.91 Å². The highest BCUT2D eigenvalue weighted by Gasteiger charge is 2.41. The third-order valence-corrected chi connectivity index (χ3v) is 6.62. The number of hydrogen-bond acceptors (Lipinski definition) is 9. The van der Waals surface area contributed by atoms with E-state index in [-0.39, 0.29) is 31.1 Å². The van der Waals surface area contributed by atoms with E-state index in [2.05, 4.69) is 15.3 Å². The van der Waals surface area contributed by atoms with Crippen molar-refractivity contribution in [2.45, 2.75) is 63.9 Å². The van der Waals surface area contributed by atoms with Gasteiger partial charge in [0.05, 0.1) is 18.8 Å². The third-order valence-electron chi connectivity index (χ3n) is 6.62. The lowest BCUT2D eigenvalue weighted by Crippen LogP contribution is -2.41. The number of amides is 1. The smallest absolute Gasteiger partial charge is 0.330 e. The average molecular weight is 508 g/mol. The normalized spacial score (nSPS) is 27.9. The minimum absolute atomic E-state index is 0.0124. The maximum Gasteiger partial charge on any atom is 0.330 e. The predicted octanol–water partition coefficient (Wildman–Crippen LogP) is -2.25. The van der Waals surface area contributed by atoms with Crippen molar-refractivity contribution in [3.63, 3.8) is 0 Å². The number of aryl methyl sites for hydroxylation is 2. The second kappa shape index (κ2) is 10.3. The SMILES string of the molecule is Cc1cn([C@H]2C[C@H](O)[C@@H](C(=O)NCC[C@H]3C[C@H](n4cc(C)c(=O)[nH]c4=O)O[C@@H]3CO)O2)c(=O)[nH]c1=O. The Morgan fingerprint density at radius 1 is 1.00 bits per heavy atom. The molecule has 14 heteroatoms. The minimum atomic E-state index is -1.21. The van der Waals surface area contributed by atoms with Crippen LogP contribution in [0.2, 0.25) is 0 Å². The van der Waals surface area contributed by atoms with Crippen LogP contribution in [-0.4, -0.2) is 66.7 Å². The molecule has 2 aliphatic rings. The molecule has 0 aromatic carbocycles. The highest BCUT2D eigenvalue weighted by Crippen LogP contribution is 2.34. The molecular weight excluding hydrogens is 478 g/mol. The maximum atomic E-state index is 12.7. The summed E-state index contributed by atoms with van der Waals surface area (Å²) in [7, 11) is 0. The van der Waals surface area contributed by atoms with Crippen LogP contribution in [-0.2, 0) is 14.3 Å². The summed E-state index contributed by atoms with van der Waals surface area (Å²) in [5.74, 6) is -0.757. The van der Waals surface area contributed by atoms with Crippen LogP contribution >= 0.6 is 0 Å². The summed E-state index contributed by atoms with van der Waals surface area (Å²) in [6, 6.07) is 0. The Morgan fingerprint density at radius 3 is 2.11 bits per heavy atom. The summed E-state index contributed by atoms with van der Waals surface area (Å²) in [5, 5.41) is 22.8. The van der Waals surface area contributed by atoms with E-state index in [1.54, 1.807) is 6.92 Å². The zero-order valence-electron chi connectivity index (χ0n) is 19.8. The number of aliphatic hydroxyl groups is 2. The molecule has 196 valence electrons. The summed E-state index contributed by atoms with van der Waals surface area (Å²) in [6.45, 7) is 2.99. The fourth-order valence-corrected chi connectivity index (χ4v) is 4.60. The van der Waals surface area contributed by atoms with E-state index in [0.717, 1.165) is 4.57 Å². The van der Waals surface area contributed by atoms with Crippen LogP contribution in [0.1, 0.15) is 42.8 Å². The van der Waals surface area contributed by atoms with E-state index in [0.29, 0.717) is 18.4 Å². The number of nitrogens with one attached hydrogen (secondary N) is 3. The maximum absolute atomic E-state index is 12.7. The highest BCUT2D eigenvalue weighted by atomic mass is 16.5. The molecule has 0 saturated carbocycles. The number of carbonyl (C=O) groups excluding carboxylic acids is 1. The molecule has 2 saturated heterocycles. The van der Waals surface area contributed by atoms with Crippen molar-refractivity contribution in [2.75, 3.05) is 13.2 Å². The van der Waals surface area contributed by atoms with Crippen LogP contribution in [0.4, 0.5) is 0 Å². The molecular formula is C22H29N5O9. The van der Waals surface area contributed by atoms with Gasteiger partial charge in [0.25, 0.3) is 17.0 Å². The molecule has 2 aliphatic heterocycles. The number of hydrogen-bond donors (Lipinski definition) is 5. The first-order valence-electron chi connectivity index (χ1n) is 11.6. The van der Waals surface area contributed by atoms with Gasteiger partial charge < -0.3 is 25.0 Å². The molecule has 4 heterocycles. The summed E-state index contributed by atoms with van der Waals surface area (Å²) >= 11 is 0. The van der Waals surface area contributed by atoms with E-state index in [4.69, 9.17) is 9.47 Å². The summed E-state index contributed by atoms with van der Waals surface area (Å²) in [5.41, 5.74) is -1.68. The van der Waals surface area contributed by atoms with Crippen LogP contribution in [0.25, 0.3) is 0 Å². The Morgan fingerprint density at radius 2 is 1.56 bits per heavy atom. The van der Waals surface area contributed by atoms with Gasteiger partial charge in [-0.2, -0.15) is 0 Å². The number of aromatic nitrogens is 4. The zero-order chi connectivity index (χ0) is 26.1. The lowest BCUT2D eigenvalue weighted by atomic mass is 9.97.